The summed E-state index contributed by atoms with van der Waals surface area (Å²) in [4.78, 5) is 18.0. The van der Waals surface area contributed by atoms with E-state index in [9.17, 15) is 4.39 Å². The lowest BCUT2D eigenvalue weighted by Gasteiger charge is -2.13. The molecule has 168 valence electrons. The second-order valence-electron chi connectivity index (χ2n) is 7.52. The Morgan fingerprint density at radius 3 is 2.62 bits per heavy atom. The molecule has 0 saturated carbocycles. The Labute approximate surface area is 209 Å². The van der Waals surface area contributed by atoms with Crippen LogP contribution in [-0.4, -0.2) is 27.0 Å². The van der Waals surface area contributed by atoms with E-state index >= 15 is 0 Å². The third kappa shape index (κ3) is 4.54. The fourth-order valence-electron chi connectivity index (χ4n) is 3.62. The molecule has 5 rings (SSSR count). The van der Waals surface area contributed by atoms with Crippen LogP contribution in [0.1, 0.15) is 5.56 Å². The monoisotopic (exact) mass is 563 g/mol. The Morgan fingerprint density at radius 2 is 1.82 bits per heavy atom. The number of rotatable bonds is 6. The van der Waals surface area contributed by atoms with E-state index in [2.05, 4.69) is 37.9 Å². The number of pyridine rings is 2. The van der Waals surface area contributed by atoms with E-state index in [-0.39, 0.29) is 5.82 Å². The van der Waals surface area contributed by atoms with E-state index in [0.29, 0.717) is 27.5 Å². The molecule has 8 heteroatoms. The van der Waals surface area contributed by atoms with Gasteiger partial charge in [-0.2, -0.15) is 0 Å². The molecule has 0 fully saturated rings. The largest absolute Gasteiger partial charge is 0.481 e. The second-order valence-corrected chi connectivity index (χ2v) is 8.28. The van der Waals surface area contributed by atoms with E-state index < -0.39 is 0 Å². The van der Waals surface area contributed by atoms with Gasteiger partial charge in [-0.1, -0.05) is 28.7 Å². The average molecular weight is 563 g/mol. The molecule has 6 nitrogen and oxygen atoms in total. The summed E-state index contributed by atoms with van der Waals surface area (Å²) in [6.07, 6.45) is 5.15. The number of ether oxygens (including phenoxy) is 1. The van der Waals surface area contributed by atoms with E-state index in [1.54, 1.807) is 37.8 Å². The van der Waals surface area contributed by atoms with Crippen molar-refractivity contribution in [2.75, 3.05) is 12.4 Å². The van der Waals surface area contributed by atoms with Gasteiger partial charge in [0.15, 0.2) is 5.82 Å². The van der Waals surface area contributed by atoms with E-state index in [1.165, 1.54) is 6.07 Å². The summed E-state index contributed by atoms with van der Waals surface area (Å²) in [6.45, 7) is 0. The molecule has 0 aliphatic carbocycles. The Morgan fingerprint density at radius 1 is 0.941 bits per heavy atom. The fourth-order valence-corrected chi connectivity index (χ4v) is 4.20. The van der Waals surface area contributed by atoms with Crippen LogP contribution < -0.4 is 10.1 Å². The first-order valence-electron chi connectivity index (χ1n) is 10.5. The number of aromatic nitrogens is 4. The van der Waals surface area contributed by atoms with Crippen molar-refractivity contribution in [1.82, 2.24) is 19.9 Å². The van der Waals surface area contributed by atoms with Crippen LogP contribution in [0.25, 0.3) is 33.4 Å². The quantitative estimate of drug-likeness (QED) is 0.186. The number of fused-ring (bicyclic) bond motifs is 1. The zero-order chi connectivity index (χ0) is 23.5. The van der Waals surface area contributed by atoms with Crippen LogP contribution in [0, 0.1) is 5.82 Å². The highest BCUT2D eigenvalue weighted by atomic mass is 127. The van der Waals surface area contributed by atoms with Crippen molar-refractivity contribution in [3.05, 3.63) is 90.6 Å². The van der Waals surface area contributed by atoms with Gasteiger partial charge in [0.25, 0.3) is 0 Å². The number of alkyl halides is 1. The van der Waals surface area contributed by atoms with Crippen LogP contribution in [0.4, 0.5) is 15.9 Å². The van der Waals surface area contributed by atoms with Crippen molar-refractivity contribution < 1.29 is 9.13 Å². The Balaban J connectivity index is 1.67. The lowest BCUT2D eigenvalue weighted by molar-refractivity contribution is 0.398. The summed E-state index contributed by atoms with van der Waals surface area (Å²) in [7, 11) is 1.59. The topological polar surface area (TPSA) is 72.8 Å². The molecule has 0 aliphatic rings. The lowest BCUT2D eigenvalue weighted by Crippen LogP contribution is -2.01. The predicted molar refractivity (Wildman–Crippen MR) is 140 cm³/mol. The highest BCUT2D eigenvalue weighted by molar-refractivity contribution is 14.1. The van der Waals surface area contributed by atoms with Gasteiger partial charge in [0.2, 0.25) is 5.88 Å². The summed E-state index contributed by atoms with van der Waals surface area (Å²) in [5.41, 5.74) is 4.90. The number of benzene rings is 2. The molecule has 2 aromatic carbocycles. The van der Waals surface area contributed by atoms with Gasteiger partial charge in [-0.25, -0.2) is 19.3 Å². The maximum absolute atomic E-state index is 14.1. The molecule has 0 radical (unpaired) electrons. The zero-order valence-electron chi connectivity index (χ0n) is 18.2. The summed E-state index contributed by atoms with van der Waals surface area (Å²) in [5.74, 6) is 1.49. The first-order chi connectivity index (χ1) is 16.6. The molecule has 0 aliphatic heterocycles. The molecule has 0 spiro atoms. The molecule has 5 aromatic rings. The van der Waals surface area contributed by atoms with Crippen molar-refractivity contribution in [3.63, 3.8) is 0 Å². The number of nitrogens with one attached hydrogen (secondary N) is 1. The third-order valence-electron chi connectivity index (χ3n) is 5.35. The number of anilines is 2. The van der Waals surface area contributed by atoms with Crippen LogP contribution in [0.2, 0.25) is 0 Å². The van der Waals surface area contributed by atoms with E-state index in [1.807, 2.05) is 42.5 Å². The van der Waals surface area contributed by atoms with Crippen molar-refractivity contribution in [2.45, 2.75) is 4.43 Å². The summed E-state index contributed by atoms with van der Waals surface area (Å²) in [5, 5.41) is 4.22. The van der Waals surface area contributed by atoms with Gasteiger partial charge in [0, 0.05) is 45.7 Å². The van der Waals surface area contributed by atoms with Crippen molar-refractivity contribution >= 4 is 45.0 Å². The molecular formula is C26H19FIN5O. The number of nitrogens with zero attached hydrogens (tertiary/aromatic N) is 4. The molecule has 0 saturated heterocycles. The lowest BCUT2D eigenvalue weighted by atomic mass is 10.0. The molecule has 0 amide bonds. The van der Waals surface area contributed by atoms with E-state index in [0.717, 1.165) is 33.3 Å². The summed E-state index contributed by atoms with van der Waals surface area (Å²) in [6, 6.07) is 18.6. The first-order valence-corrected chi connectivity index (χ1v) is 12.0. The van der Waals surface area contributed by atoms with E-state index in [4.69, 9.17) is 14.7 Å². The second kappa shape index (κ2) is 9.68. The minimum absolute atomic E-state index is 0.225. The smallest absolute Gasteiger partial charge is 0.213 e. The van der Waals surface area contributed by atoms with Gasteiger partial charge in [0.1, 0.15) is 11.6 Å². The molecule has 0 bridgehead atoms. The molecule has 34 heavy (non-hydrogen) atoms. The van der Waals surface area contributed by atoms with Crippen LogP contribution in [0.5, 0.6) is 5.88 Å². The molecule has 1 N–H and O–H groups in total. The SMILES string of the molecule is COc1cc(-c2ccc3nc(-c4cccnc4)nc(Nc4ccc(F)c(CI)c4)c3c2)ccn1. The summed E-state index contributed by atoms with van der Waals surface area (Å²) >= 11 is 2.15. The summed E-state index contributed by atoms with van der Waals surface area (Å²) < 4.78 is 19.9. The Bertz CT molecular complexity index is 1480. The number of halogens is 2. The van der Waals surface area contributed by atoms with Gasteiger partial charge < -0.3 is 10.1 Å². The van der Waals surface area contributed by atoms with Crippen molar-refractivity contribution in [1.29, 1.82) is 0 Å². The van der Waals surface area contributed by atoms with Gasteiger partial charge >= 0.3 is 0 Å². The maximum Gasteiger partial charge on any atom is 0.213 e. The van der Waals surface area contributed by atoms with Gasteiger partial charge in [0.05, 0.1) is 12.6 Å². The number of hydrogen-bond donors (Lipinski definition) is 1. The standard InChI is InChI=1S/C26H19FIN5O/c1-34-24-13-17(8-10-30-24)16-4-7-23-21(12-16)26(31-20-5-6-22(27)19(11-20)14-28)33-25(32-23)18-3-2-9-29-15-18/h2-13,15H,14H2,1H3,(H,31,32,33). The fraction of sp³-hybridized carbons (Fsp3) is 0.0769. The van der Waals surface area contributed by atoms with Crippen LogP contribution >= 0.6 is 22.6 Å². The first kappa shape index (κ1) is 22.1. The maximum atomic E-state index is 14.1. The highest BCUT2D eigenvalue weighted by Crippen LogP contribution is 2.32. The minimum atomic E-state index is -0.225. The average Bonchev–Trinajstić information content (AvgIpc) is 2.90. The molecule has 3 aromatic heterocycles. The van der Waals surface area contributed by atoms with Crippen molar-refractivity contribution in [2.24, 2.45) is 0 Å². The number of methoxy groups -OCH3 is 1. The van der Waals surface area contributed by atoms with Gasteiger partial charge in [-0.15, -0.1) is 0 Å². The highest BCUT2D eigenvalue weighted by Gasteiger charge is 2.13. The molecular weight excluding hydrogens is 544 g/mol. The Kier molecular flexibility index (Phi) is 6.31. The zero-order valence-corrected chi connectivity index (χ0v) is 20.3. The van der Waals surface area contributed by atoms with Gasteiger partial charge in [-0.05, 0) is 65.2 Å². The third-order valence-corrected chi connectivity index (χ3v) is 6.17. The molecule has 0 atom stereocenters. The van der Waals surface area contributed by atoms with Gasteiger partial charge in [-0.3, -0.25) is 4.98 Å². The van der Waals surface area contributed by atoms with Crippen LogP contribution in [0.15, 0.2) is 79.3 Å². The molecule has 0 unspecified atom stereocenters. The molecule has 3 heterocycles. The Hall–Kier alpha value is -3.66. The van der Waals surface area contributed by atoms with Crippen LogP contribution in [0.3, 0.4) is 0 Å². The van der Waals surface area contributed by atoms with Crippen LogP contribution in [-0.2, 0) is 4.43 Å². The number of hydrogen-bond acceptors (Lipinski definition) is 6. The minimum Gasteiger partial charge on any atom is -0.481 e. The normalized spacial score (nSPS) is 10.9. The van der Waals surface area contributed by atoms with Crippen molar-refractivity contribution in [3.8, 4) is 28.4 Å². The predicted octanol–water partition coefficient (Wildman–Crippen LogP) is 6.58.